The fourth-order valence-corrected chi connectivity index (χ4v) is 3.85. The summed E-state index contributed by atoms with van der Waals surface area (Å²) in [6, 6.07) is 7.59. The number of benzene rings is 1. The number of aliphatic hydroxyl groups excluding tert-OH is 1. The van der Waals surface area contributed by atoms with Crippen molar-refractivity contribution in [2.24, 2.45) is 0 Å². The molecular weight excluding hydrogens is 294 g/mol. The van der Waals surface area contributed by atoms with Crippen LogP contribution in [-0.2, 0) is 0 Å². The predicted molar refractivity (Wildman–Crippen MR) is 80.5 cm³/mol. The van der Waals surface area contributed by atoms with Crippen molar-refractivity contribution in [1.29, 1.82) is 0 Å². The third-order valence-corrected chi connectivity index (χ3v) is 5.10. The van der Waals surface area contributed by atoms with Crippen molar-refractivity contribution in [3.05, 3.63) is 35.6 Å². The molecule has 0 aliphatic heterocycles. The van der Waals surface area contributed by atoms with Crippen LogP contribution < -0.4 is 0 Å². The lowest BCUT2D eigenvalue weighted by atomic mass is 9.97. The summed E-state index contributed by atoms with van der Waals surface area (Å²) in [5.41, 5.74) is 0.940. The Kier molecular flexibility index (Phi) is 4.29. The van der Waals surface area contributed by atoms with Crippen molar-refractivity contribution in [3.8, 4) is 5.69 Å². The molecule has 0 radical (unpaired) electrons. The van der Waals surface area contributed by atoms with Crippen LogP contribution in [0, 0.1) is 0 Å². The summed E-state index contributed by atoms with van der Waals surface area (Å²) in [5, 5.41) is 19.9. The zero-order chi connectivity index (χ0) is 13.9. The van der Waals surface area contributed by atoms with Crippen LogP contribution in [0.1, 0.15) is 25.7 Å². The largest absolute Gasteiger partial charge is 0.392 e. The predicted octanol–water partition coefficient (Wildman–Crippen LogP) is 3.32. The molecule has 106 valence electrons. The molecule has 2 unspecified atom stereocenters. The molecule has 3 rings (SSSR count). The van der Waals surface area contributed by atoms with Gasteiger partial charge in [0.1, 0.15) is 6.33 Å². The highest BCUT2D eigenvalue weighted by Crippen LogP contribution is 2.33. The number of aromatic nitrogens is 3. The van der Waals surface area contributed by atoms with Gasteiger partial charge in [-0.15, -0.1) is 10.2 Å². The minimum Gasteiger partial charge on any atom is -0.392 e. The van der Waals surface area contributed by atoms with Crippen molar-refractivity contribution in [1.82, 2.24) is 14.8 Å². The van der Waals surface area contributed by atoms with Gasteiger partial charge in [0.15, 0.2) is 5.16 Å². The summed E-state index contributed by atoms with van der Waals surface area (Å²) in [6.45, 7) is 0. The number of hydrogen-bond acceptors (Lipinski definition) is 4. The van der Waals surface area contributed by atoms with E-state index in [4.69, 9.17) is 11.6 Å². The van der Waals surface area contributed by atoms with Crippen molar-refractivity contribution in [2.75, 3.05) is 0 Å². The monoisotopic (exact) mass is 309 g/mol. The van der Waals surface area contributed by atoms with E-state index in [0.29, 0.717) is 5.02 Å². The van der Waals surface area contributed by atoms with E-state index in [1.807, 2.05) is 28.8 Å². The molecule has 1 saturated carbocycles. The molecule has 1 aromatic carbocycles. The lowest BCUT2D eigenvalue weighted by Gasteiger charge is -2.26. The van der Waals surface area contributed by atoms with Gasteiger partial charge in [0.05, 0.1) is 11.8 Å². The van der Waals surface area contributed by atoms with Gasteiger partial charge in [0, 0.05) is 10.3 Å². The molecule has 0 bridgehead atoms. The van der Waals surface area contributed by atoms with Crippen molar-refractivity contribution in [2.45, 2.75) is 42.2 Å². The number of halogens is 1. The molecule has 20 heavy (non-hydrogen) atoms. The standard InChI is InChI=1S/C14H16ClN3OS/c15-10-4-3-5-11(8-10)18-9-16-17-14(18)20-13-7-2-1-6-12(13)19/h3-5,8-9,12-13,19H,1-2,6-7H2. The van der Waals surface area contributed by atoms with Crippen LogP contribution >= 0.6 is 23.4 Å². The number of rotatable bonds is 3. The maximum atomic E-state index is 10.1. The zero-order valence-electron chi connectivity index (χ0n) is 10.9. The lowest BCUT2D eigenvalue weighted by Crippen LogP contribution is -2.27. The van der Waals surface area contributed by atoms with E-state index in [9.17, 15) is 5.11 Å². The number of hydrogen-bond donors (Lipinski definition) is 1. The molecule has 1 aliphatic rings. The number of aliphatic hydroxyl groups is 1. The van der Waals surface area contributed by atoms with Crippen molar-refractivity contribution >= 4 is 23.4 Å². The van der Waals surface area contributed by atoms with Crippen LogP contribution in [0.2, 0.25) is 5.02 Å². The van der Waals surface area contributed by atoms with Crippen LogP contribution in [0.5, 0.6) is 0 Å². The Morgan fingerprint density at radius 2 is 2.15 bits per heavy atom. The summed E-state index contributed by atoms with van der Waals surface area (Å²) >= 11 is 7.63. The third-order valence-electron chi connectivity index (χ3n) is 3.53. The Labute approximate surface area is 127 Å². The van der Waals surface area contributed by atoms with Crippen molar-refractivity contribution in [3.63, 3.8) is 0 Å². The van der Waals surface area contributed by atoms with Crippen LogP contribution in [0.15, 0.2) is 35.7 Å². The van der Waals surface area contributed by atoms with Gasteiger partial charge in [-0.25, -0.2) is 0 Å². The Bertz CT molecular complexity index is 589. The summed E-state index contributed by atoms with van der Waals surface area (Å²) in [6.07, 6.45) is 5.61. The molecule has 6 heteroatoms. The van der Waals surface area contributed by atoms with Crippen molar-refractivity contribution < 1.29 is 5.11 Å². The fraction of sp³-hybridized carbons (Fsp3) is 0.429. The Hall–Kier alpha value is -1.04. The molecular formula is C14H16ClN3OS. The average molecular weight is 310 g/mol. The maximum absolute atomic E-state index is 10.1. The highest BCUT2D eigenvalue weighted by molar-refractivity contribution is 7.99. The van der Waals surface area contributed by atoms with E-state index in [0.717, 1.165) is 30.1 Å². The quantitative estimate of drug-likeness (QED) is 0.945. The Morgan fingerprint density at radius 3 is 2.95 bits per heavy atom. The second kappa shape index (κ2) is 6.16. The van der Waals surface area contributed by atoms with Gasteiger partial charge < -0.3 is 5.11 Å². The lowest BCUT2D eigenvalue weighted by molar-refractivity contribution is 0.137. The molecule has 2 atom stereocenters. The van der Waals surface area contributed by atoms with Crippen LogP contribution in [0.4, 0.5) is 0 Å². The first-order valence-electron chi connectivity index (χ1n) is 6.75. The van der Waals surface area contributed by atoms with E-state index in [1.54, 1.807) is 18.1 Å². The smallest absolute Gasteiger partial charge is 0.195 e. The third kappa shape index (κ3) is 3.00. The van der Waals surface area contributed by atoms with E-state index in [1.165, 1.54) is 6.42 Å². The maximum Gasteiger partial charge on any atom is 0.195 e. The van der Waals surface area contributed by atoms with Gasteiger partial charge >= 0.3 is 0 Å². The minimum absolute atomic E-state index is 0.200. The van der Waals surface area contributed by atoms with Gasteiger partial charge in [-0.3, -0.25) is 4.57 Å². The van der Waals surface area contributed by atoms with E-state index >= 15 is 0 Å². The Balaban J connectivity index is 1.83. The number of thioether (sulfide) groups is 1. The SMILES string of the molecule is OC1CCCCC1Sc1nncn1-c1cccc(Cl)c1. The molecule has 1 fully saturated rings. The number of nitrogens with zero attached hydrogens (tertiary/aromatic N) is 3. The average Bonchev–Trinajstić information content (AvgIpc) is 2.90. The van der Waals surface area contributed by atoms with Crippen LogP contribution in [0.25, 0.3) is 5.69 Å². The second-order valence-corrected chi connectivity index (χ2v) is 6.61. The summed E-state index contributed by atoms with van der Waals surface area (Å²) in [5.74, 6) is 0. The van der Waals surface area contributed by atoms with E-state index in [2.05, 4.69) is 10.2 Å². The molecule has 1 aromatic heterocycles. The van der Waals surface area contributed by atoms with Gasteiger partial charge in [0.25, 0.3) is 0 Å². The summed E-state index contributed by atoms with van der Waals surface area (Å²) < 4.78 is 1.91. The molecule has 0 spiro atoms. The minimum atomic E-state index is -0.252. The fourth-order valence-electron chi connectivity index (χ4n) is 2.46. The van der Waals surface area contributed by atoms with Crippen LogP contribution in [0.3, 0.4) is 0 Å². The van der Waals surface area contributed by atoms with Crippen LogP contribution in [-0.4, -0.2) is 31.2 Å². The van der Waals surface area contributed by atoms with Gasteiger partial charge in [-0.05, 0) is 31.0 Å². The molecule has 1 heterocycles. The molecule has 2 aromatic rings. The molecule has 0 amide bonds. The van der Waals surface area contributed by atoms with Gasteiger partial charge in [-0.2, -0.15) is 0 Å². The highest BCUT2D eigenvalue weighted by atomic mass is 35.5. The second-order valence-electron chi connectivity index (χ2n) is 4.97. The first-order chi connectivity index (χ1) is 9.74. The Morgan fingerprint density at radius 1 is 1.30 bits per heavy atom. The van der Waals surface area contributed by atoms with Gasteiger partial charge in [-0.1, -0.05) is 42.3 Å². The molecule has 1 aliphatic carbocycles. The topological polar surface area (TPSA) is 50.9 Å². The van der Waals surface area contributed by atoms with Gasteiger partial charge in [0.2, 0.25) is 0 Å². The first kappa shape index (κ1) is 13.9. The molecule has 0 saturated heterocycles. The molecule has 4 nitrogen and oxygen atoms in total. The van der Waals surface area contributed by atoms with E-state index < -0.39 is 0 Å². The summed E-state index contributed by atoms with van der Waals surface area (Å²) in [7, 11) is 0. The normalized spacial score (nSPS) is 22.9. The summed E-state index contributed by atoms with van der Waals surface area (Å²) in [4.78, 5) is 0. The first-order valence-corrected chi connectivity index (χ1v) is 8.00. The van der Waals surface area contributed by atoms with E-state index in [-0.39, 0.29) is 11.4 Å². The zero-order valence-corrected chi connectivity index (χ0v) is 12.5. The molecule has 1 N–H and O–H groups in total. The highest BCUT2D eigenvalue weighted by Gasteiger charge is 2.26.